The summed E-state index contributed by atoms with van der Waals surface area (Å²) < 4.78 is 5.34. The molecule has 0 aromatic carbocycles. The van der Waals surface area contributed by atoms with Crippen molar-refractivity contribution in [1.82, 2.24) is 14.9 Å². The summed E-state index contributed by atoms with van der Waals surface area (Å²) >= 11 is 0. The highest BCUT2D eigenvalue weighted by Gasteiger charge is 2.18. The Labute approximate surface area is 95.6 Å². The Balaban J connectivity index is 1.93. The van der Waals surface area contributed by atoms with Crippen molar-refractivity contribution in [2.75, 3.05) is 26.0 Å². The molecule has 0 radical (unpaired) electrons. The largest absolute Gasteiger partial charge is 0.384 e. The van der Waals surface area contributed by atoms with Crippen molar-refractivity contribution in [2.45, 2.75) is 25.4 Å². The number of nitrogens with two attached hydrogens (primary N) is 1. The maximum atomic E-state index is 5.62. The lowest BCUT2D eigenvalue weighted by Gasteiger charge is -2.30. The molecule has 1 aliphatic heterocycles. The molecule has 1 fully saturated rings. The molecule has 0 aliphatic carbocycles. The number of hydrogen-bond acceptors (Lipinski definition) is 5. The first-order valence-corrected chi connectivity index (χ1v) is 5.61. The standard InChI is InChI=1S/C11H18N4O/c1-15(9-3-6-16-7-4-9)8-11-13-5-2-10(12)14-11/h2,5,9H,3-4,6-8H2,1H3,(H2,12,13,14). The van der Waals surface area contributed by atoms with Gasteiger partial charge in [-0.15, -0.1) is 0 Å². The van der Waals surface area contributed by atoms with E-state index in [0.29, 0.717) is 11.9 Å². The van der Waals surface area contributed by atoms with E-state index in [4.69, 9.17) is 10.5 Å². The van der Waals surface area contributed by atoms with Crippen molar-refractivity contribution >= 4 is 5.82 Å². The highest BCUT2D eigenvalue weighted by atomic mass is 16.5. The Bertz CT molecular complexity index is 339. The van der Waals surface area contributed by atoms with Crippen molar-refractivity contribution in [1.29, 1.82) is 0 Å². The van der Waals surface area contributed by atoms with Gasteiger partial charge in [0.05, 0.1) is 6.54 Å². The second-order valence-electron chi connectivity index (χ2n) is 4.16. The highest BCUT2D eigenvalue weighted by molar-refractivity contribution is 5.24. The minimum absolute atomic E-state index is 0.533. The predicted molar refractivity (Wildman–Crippen MR) is 61.8 cm³/mol. The summed E-state index contributed by atoms with van der Waals surface area (Å²) in [6.45, 7) is 2.45. The Hall–Kier alpha value is -1.20. The number of nitrogen functional groups attached to an aromatic ring is 1. The van der Waals surface area contributed by atoms with Crippen molar-refractivity contribution in [3.8, 4) is 0 Å². The van der Waals surface area contributed by atoms with Crippen molar-refractivity contribution < 1.29 is 4.74 Å². The zero-order valence-corrected chi connectivity index (χ0v) is 9.59. The lowest BCUT2D eigenvalue weighted by Crippen LogP contribution is -2.36. The van der Waals surface area contributed by atoms with Crippen molar-refractivity contribution in [2.24, 2.45) is 0 Å². The molecule has 2 N–H and O–H groups in total. The minimum Gasteiger partial charge on any atom is -0.384 e. The van der Waals surface area contributed by atoms with Crippen LogP contribution >= 0.6 is 0 Å². The first-order valence-electron chi connectivity index (χ1n) is 5.61. The van der Waals surface area contributed by atoms with Gasteiger partial charge in [0.25, 0.3) is 0 Å². The molecule has 0 unspecified atom stereocenters. The average Bonchev–Trinajstić information content (AvgIpc) is 2.30. The van der Waals surface area contributed by atoms with E-state index in [1.165, 1.54) is 0 Å². The lowest BCUT2D eigenvalue weighted by atomic mass is 10.1. The number of ether oxygens (including phenoxy) is 1. The van der Waals surface area contributed by atoms with E-state index in [1.807, 2.05) is 0 Å². The van der Waals surface area contributed by atoms with Gasteiger partial charge in [0.1, 0.15) is 11.6 Å². The number of anilines is 1. The normalized spacial score (nSPS) is 17.9. The molecule has 0 saturated carbocycles. The molecule has 0 spiro atoms. The molecular weight excluding hydrogens is 204 g/mol. The zero-order valence-electron chi connectivity index (χ0n) is 9.59. The van der Waals surface area contributed by atoms with Crippen LogP contribution in [0.4, 0.5) is 5.82 Å². The third kappa shape index (κ3) is 2.90. The molecule has 0 amide bonds. The fraction of sp³-hybridized carbons (Fsp3) is 0.636. The minimum atomic E-state index is 0.533. The molecule has 1 aromatic heterocycles. The monoisotopic (exact) mass is 222 g/mol. The van der Waals surface area contributed by atoms with Crippen LogP contribution in [0.5, 0.6) is 0 Å². The van der Waals surface area contributed by atoms with Gasteiger partial charge >= 0.3 is 0 Å². The summed E-state index contributed by atoms with van der Waals surface area (Å²) in [7, 11) is 2.10. The fourth-order valence-electron chi connectivity index (χ4n) is 1.97. The number of hydrogen-bond donors (Lipinski definition) is 1. The second kappa shape index (κ2) is 5.23. The van der Waals surface area contributed by atoms with Gasteiger partial charge in [0, 0.05) is 25.5 Å². The van der Waals surface area contributed by atoms with E-state index < -0.39 is 0 Å². The molecule has 5 heteroatoms. The third-order valence-corrected chi connectivity index (χ3v) is 2.93. The molecule has 2 rings (SSSR count). The van der Waals surface area contributed by atoms with Crippen LogP contribution in [0.3, 0.4) is 0 Å². The van der Waals surface area contributed by atoms with E-state index in [9.17, 15) is 0 Å². The first kappa shape index (κ1) is 11.3. The molecule has 88 valence electrons. The summed E-state index contributed by atoms with van der Waals surface area (Å²) in [6, 6.07) is 2.27. The highest BCUT2D eigenvalue weighted by Crippen LogP contribution is 2.14. The second-order valence-corrected chi connectivity index (χ2v) is 4.16. The average molecular weight is 222 g/mol. The summed E-state index contributed by atoms with van der Waals surface area (Å²) in [6.07, 6.45) is 3.87. The Morgan fingerprint density at radius 1 is 1.50 bits per heavy atom. The fourth-order valence-corrected chi connectivity index (χ4v) is 1.97. The van der Waals surface area contributed by atoms with Crippen LogP contribution in [-0.2, 0) is 11.3 Å². The summed E-state index contributed by atoms with van der Waals surface area (Å²) in [5, 5.41) is 0. The number of nitrogens with zero attached hydrogens (tertiary/aromatic N) is 3. The Kier molecular flexibility index (Phi) is 3.69. The topological polar surface area (TPSA) is 64.3 Å². The van der Waals surface area contributed by atoms with Gasteiger partial charge in [0.2, 0.25) is 0 Å². The molecule has 1 aliphatic rings. The van der Waals surface area contributed by atoms with Gasteiger partial charge in [-0.25, -0.2) is 9.97 Å². The lowest BCUT2D eigenvalue weighted by molar-refractivity contribution is 0.0399. The Morgan fingerprint density at radius 3 is 2.94 bits per heavy atom. The first-order chi connectivity index (χ1) is 7.75. The summed E-state index contributed by atoms with van der Waals surface area (Å²) in [4.78, 5) is 10.7. The summed E-state index contributed by atoms with van der Waals surface area (Å²) in [5.41, 5.74) is 5.62. The molecule has 5 nitrogen and oxygen atoms in total. The molecule has 0 bridgehead atoms. The predicted octanol–water partition coefficient (Wildman–Crippen LogP) is 0.670. The molecule has 1 saturated heterocycles. The van der Waals surface area contributed by atoms with Crippen LogP contribution in [0.15, 0.2) is 12.3 Å². The van der Waals surface area contributed by atoms with Crippen LogP contribution in [0, 0.1) is 0 Å². The van der Waals surface area contributed by atoms with Crippen LogP contribution in [0.1, 0.15) is 18.7 Å². The van der Waals surface area contributed by atoms with E-state index in [1.54, 1.807) is 12.3 Å². The van der Waals surface area contributed by atoms with E-state index in [-0.39, 0.29) is 0 Å². The SMILES string of the molecule is CN(Cc1nccc(N)n1)C1CCOCC1. The van der Waals surface area contributed by atoms with Gasteiger partial charge in [0.15, 0.2) is 0 Å². The van der Waals surface area contributed by atoms with E-state index >= 15 is 0 Å². The molecular formula is C11H18N4O. The van der Waals surface area contributed by atoms with Crippen molar-refractivity contribution in [3.63, 3.8) is 0 Å². The molecule has 16 heavy (non-hydrogen) atoms. The van der Waals surface area contributed by atoms with Gasteiger partial charge in [-0.1, -0.05) is 0 Å². The number of rotatable bonds is 3. The van der Waals surface area contributed by atoms with Crippen LogP contribution < -0.4 is 5.73 Å². The Morgan fingerprint density at radius 2 is 2.25 bits per heavy atom. The maximum Gasteiger partial charge on any atom is 0.144 e. The smallest absolute Gasteiger partial charge is 0.144 e. The van der Waals surface area contributed by atoms with Crippen LogP contribution in [0.2, 0.25) is 0 Å². The molecule has 0 atom stereocenters. The van der Waals surface area contributed by atoms with Gasteiger partial charge in [-0.2, -0.15) is 0 Å². The number of aromatic nitrogens is 2. The zero-order chi connectivity index (χ0) is 11.4. The van der Waals surface area contributed by atoms with E-state index in [2.05, 4.69) is 21.9 Å². The maximum absolute atomic E-state index is 5.62. The van der Waals surface area contributed by atoms with Crippen molar-refractivity contribution in [3.05, 3.63) is 18.1 Å². The summed E-state index contributed by atoms with van der Waals surface area (Å²) in [5.74, 6) is 1.32. The van der Waals surface area contributed by atoms with Gasteiger partial charge < -0.3 is 10.5 Å². The van der Waals surface area contributed by atoms with Gasteiger partial charge in [-0.05, 0) is 26.0 Å². The van der Waals surface area contributed by atoms with Gasteiger partial charge in [-0.3, -0.25) is 4.90 Å². The quantitative estimate of drug-likeness (QED) is 0.814. The van der Waals surface area contributed by atoms with Crippen LogP contribution in [-0.4, -0.2) is 41.2 Å². The van der Waals surface area contributed by atoms with Crippen LogP contribution in [0.25, 0.3) is 0 Å². The molecule has 2 heterocycles. The molecule has 1 aromatic rings. The van der Waals surface area contributed by atoms with E-state index in [0.717, 1.165) is 38.4 Å². The third-order valence-electron chi connectivity index (χ3n) is 2.93.